The van der Waals surface area contributed by atoms with Crippen molar-refractivity contribution in [2.45, 2.75) is 6.54 Å². The molecule has 104 valence electrons. The van der Waals surface area contributed by atoms with Crippen LogP contribution in [0.2, 0.25) is 0 Å². The third-order valence-corrected chi connectivity index (χ3v) is 3.22. The second kappa shape index (κ2) is 4.13. The van der Waals surface area contributed by atoms with Gasteiger partial charge in [0.25, 0.3) is 5.56 Å². The number of fused-ring (bicyclic) bond motifs is 3. The van der Waals surface area contributed by atoms with Gasteiger partial charge in [-0.05, 0) is 5.56 Å². The normalized spacial score (nSPS) is 11.4. The monoisotopic (exact) mass is 283 g/mol. The number of hydrogen-bond donors (Lipinski definition) is 2. The molecule has 3 aromatic heterocycles. The van der Waals surface area contributed by atoms with E-state index in [-0.39, 0.29) is 16.7 Å². The molecular formula is C12H9N7O2. The highest BCUT2D eigenvalue weighted by Gasteiger charge is 2.16. The highest BCUT2D eigenvalue weighted by atomic mass is 16.2. The average molecular weight is 283 g/mol. The molecule has 0 fully saturated rings. The Morgan fingerprint density at radius 3 is 2.76 bits per heavy atom. The molecule has 4 aromatic rings. The Morgan fingerprint density at radius 2 is 1.95 bits per heavy atom. The van der Waals surface area contributed by atoms with Crippen molar-refractivity contribution in [2.24, 2.45) is 0 Å². The maximum atomic E-state index is 12.2. The van der Waals surface area contributed by atoms with Crippen molar-refractivity contribution in [3.8, 4) is 0 Å². The van der Waals surface area contributed by atoms with E-state index in [1.165, 1.54) is 4.68 Å². The van der Waals surface area contributed by atoms with Crippen LogP contribution in [-0.2, 0) is 6.54 Å². The predicted octanol–water partition coefficient (Wildman–Crippen LogP) is -0.496. The van der Waals surface area contributed by atoms with Crippen LogP contribution >= 0.6 is 0 Å². The van der Waals surface area contributed by atoms with Gasteiger partial charge in [0, 0.05) is 0 Å². The van der Waals surface area contributed by atoms with Gasteiger partial charge in [-0.3, -0.25) is 9.89 Å². The summed E-state index contributed by atoms with van der Waals surface area (Å²) in [7, 11) is 0. The summed E-state index contributed by atoms with van der Waals surface area (Å²) in [5, 5.41) is 16.5. The summed E-state index contributed by atoms with van der Waals surface area (Å²) in [6.07, 6.45) is 0. The lowest BCUT2D eigenvalue weighted by Gasteiger charge is -2.01. The molecule has 0 atom stereocenters. The van der Waals surface area contributed by atoms with Crippen molar-refractivity contribution in [3.05, 3.63) is 56.7 Å². The van der Waals surface area contributed by atoms with Crippen LogP contribution in [-0.4, -0.2) is 34.8 Å². The van der Waals surface area contributed by atoms with Crippen LogP contribution in [0.1, 0.15) is 5.56 Å². The van der Waals surface area contributed by atoms with Gasteiger partial charge in [-0.1, -0.05) is 35.5 Å². The van der Waals surface area contributed by atoms with Gasteiger partial charge in [0.1, 0.15) is 0 Å². The number of H-pyrrole nitrogens is 2. The summed E-state index contributed by atoms with van der Waals surface area (Å²) in [5.74, 6) is 0. The molecule has 1 aromatic carbocycles. The molecule has 3 heterocycles. The molecule has 21 heavy (non-hydrogen) atoms. The van der Waals surface area contributed by atoms with Crippen LogP contribution in [0, 0.1) is 0 Å². The van der Waals surface area contributed by atoms with Gasteiger partial charge >= 0.3 is 5.69 Å². The first-order chi connectivity index (χ1) is 10.2. The van der Waals surface area contributed by atoms with Gasteiger partial charge in [0.2, 0.25) is 5.65 Å². The summed E-state index contributed by atoms with van der Waals surface area (Å²) >= 11 is 0. The van der Waals surface area contributed by atoms with Crippen molar-refractivity contribution in [1.29, 1.82) is 0 Å². The van der Waals surface area contributed by atoms with E-state index in [0.29, 0.717) is 6.54 Å². The number of hydrogen-bond acceptors (Lipinski definition) is 5. The Kier molecular flexibility index (Phi) is 2.28. The molecular weight excluding hydrogens is 274 g/mol. The molecule has 0 aliphatic rings. The average Bonchev–Trinajstić information content (AvgIpc) is 3.06. The number of benzene rings is 1. The molecule has 9 nitrogen and oxygen atoms in total. The second-order valence-corrected chi connectivity index (χ2v) is 4.56. The van der Waals surface area contributed by atoms with E-state index in [9.17, 15) is 9.59 Å². The number of nitrogens with one attached hydrogen (secondary N) is 2. The quantitative estimate of drug-likeness (QED) is 0.515. The minimum atomic E-state index is -0.526. The first-order valence-electron chi connectivity index (χ1n) is 6.20. The minimum Gasteiger partial charge on any atom is -0.266 e. The van der Waals surface area contributed by atoms with E-state index in [1.807, 2.05) is 30.3 Å². The molecule has 9 heteroatoms. The molecule has 2 N–H and O–H groups in total. The first-order valence-corrected chi connectivity index (χ1v) is 6.20. The van der Waals surface area contributed by atoms with Crippen LogP contribution in [0.5, 0.6) is 0 Å². The van der Waals surface area contributed by atoms with E-state index >= 15 is 0 Å². The Morgan fingerprint density at radius 1 is 1.14 bits per heavy atom. The van der Waals surface area contributed by atoms with E-state index in [0.717, 1.165) is 10.1 Å². The fourth-order valence-corrected chi connectivity index (χ4v) is 2.27. The standard InChI is InChI=1S/C12H9N7O2/c20-11-9-8(10-14-15-12(21)19(10)16-11)13-17-18(9)6-7-4-2-1-3-5-7/h1-5H,6H2,(H,15,21)(H,16,20). The maximum Gasteiger partial charge on any atom is 0.362 e. The van der Waals surface area contributed by atoms with Crippen LogP contribution in [0.3, 0.4) is 0 Å². The highest BCUT2D eigenvalue weighted by Crippen LogP contribution is 2.11. The largest absolute Gasteiger partial charge is 0.362 e. The molecule has 0 radical (unpaired) electrons. The van der Waals surface area contributed by atoms with Gasteiger partial charge < -0.3 is 0 Å². The number of rotatable bonds is 2. The molecule has 0 saturated heterocycles. The van der Waals surface area contributed by atoms with Crippen LogP contribution in [0.25, 0.3) is 16.7 Å². The first kappa shape index (κ1) is 11.6. The topological polar surface area (TPSA) is 114 Å². The van der Waals surface area contributed by atoms with Crippen molar-refractivity contribution in [2.75, 3.05) is 0 Å². The zero-order valence-corrected chi connectivity index (χ0v) is 10.6. The van der Waals surface area contributed by atoms with Crippen molar-refractivity contribution >= 4 is 16.7 Å². The smallest absolute Gasteiger partial charge is 0.266 e. The van der Waals surface area contributed by atoms with Gasteiger partial charge in [0.15, 0.2) is 11.0 Å². The van der Waals surface area contributed by atoms with Gasteiger partial charge in [0.05, 0.1) is 6.54 Å². The van der Waals surface area contributed by atoms with E-state index in [1.54, 1.807) is 0 Å². The summed E-state index contributed by atoms with van der Waals surface area (Å²) in [5.41, 5.74) is 0.832. The lowest BCUT2D eigenvalue weighted by Crippen LogP contribution is -2.21. The molecule has 0 bridgehead atoms. The maximum absolute atomic E-state index is 12.2. The van der Waals surface area contributed by atoms with Gasteiger partial charge in [-0.15, -0.1) is 10.2 Å². The zero-order chi connectivity index (χ0) is 14.4. The van der Waals surface area contributed by atoms with E-state index in [4.69, 9.17) is 0 Å². The zero-order valence-electron chi connectivity index (χ0n) is 10.6. The second-order valence-electron chi connectivity index (χ2n) is 4.56. The fourth-order valence-electron chi connectivity index (χ4n) is 2.27. The third-order valence-electron chi connectivity index (χ3n) is 3.22. The summed E-state index contributed by atoms with van der Waals surface area (Å²) in [6.45, 7) is 0.408. The summed E-state index contributed by atoms with van der Waals surface area (Å²) in [6, 6.07) is 9.59. The lowest BCUT2D eigenvalue weighted by atomic mass is 10.2. The van der Waals surface area contributed by atoms with Crippen LogP contribution in [0.15, 0.2) is 39.9 Å². The van der Waals surface area contributed by atoms with Crippen molar-refractivity contribution < 1.29 is 0 Å². The number of nitrogens with zero attached hydrogens (tertiary/aromatic N) is 5. The van der Waals surface area contributed by atoms with Crippen molar-refractivity contribution in [3.63, 3.8) is 0 Å². The Bertz CT molecular complexity index is 1050. The van der Waals surface area contributed by atoms with E-state index in [2.05, 4.69) is 25.6 Å². The Hall–Kier alpha value is -3.23. The molecule has 4 rings (SSSR count). The van der Waals surface area contributed by atoms with Gasteiger partial charge in [-0.2, -0.15) is 4.52 Å². The van der Waals surface area contributed by atoms with Gasteiger partial charge in [-0.25, -0.2) is 14.6 Å². The molecule has 0 spiro atoms. The Labute approximate surface area is 115 Å². The summed E-state index contributed by atoms with van der Waals surface area (Å²) in [4.78, 5) is 23.6. The third kappa shape index (κ3) is 1.67. The van der Waals surface area contributed by atoms with Crippen LogP contribution in [0.4, 0.5) is 0 Å². The van der Waals surface area contributed by atoms with E-state index < -0.39 is 11.2 Å². The highest BCUT2D eigenvalue weighted by molar-refractivity contribution is 5.86. The Balaban J connectivity index is 1.98. The molecule has 0 amide bonds. The molecule has 0 aliphatic carbocycles. The number of aromatic nitrogens is 7. The van der Waals surface area contributed by atoms with Crippen LogP contribution < -0.4 is 11.2 Å². The molecule has 0 saturated carbocycles. The fraction of sp³-hybridized carbons (Fsp3) is 0.0833. The molecule has 0 unspecified atom stereocenters. The predicted molar refractivity (Wildman–Crippen MR) is 73.1 cm³/mol. The molecule has 0 aliphatic heterocycles. The SMILES string of the molecule is O=c1[nH]n2c(=O)[nH]nc2c2nnn(Cc3ccccc3)c12. The number of aromatic amines is 2. The lowest BCUT2D eigenvalue weighted by molar-refractivity contribution is 0.666. The summed E-state index contributed by atoms with van der Waals surface area (Å²) < 4.78 is 2.51. The van der Waals surface area contributed by atoms with Crippen molar-refractivity contribution in [1.82, 2.24) is 34.8 Å². The minimum absolute atomic E-state index is 0.244.